The predicted octanol–water partition coefficient (Wildman–Crippen LogP) is 0.551. The molecule has 0 aliphatic carbocycles. The van der Waals surface area contributed by atoms with Gasteiger partial charge in [-0.2, -0.15) is 0 Å². The van der Waals surface area contributed by atoms with Crippen LogP contribution in [0.1, 0.15) is 18.4 Å². The molecular formula is C13H20N2O3S. The van der Waals surface area contributed by atoms with Gasteiger partial charge in [-0.1, -0.05) is 12.1 Å². The third-order valence-electron chi connectivity index (χ3n) is 3.43. The average molecular weight is 284 g/mol. The summed E-state index contributed by atoms with van der Waals surface area (Å²) >= 11 is 0. The van der Waals surface area contributed by atoms with Crippen LogP contribution in [0.4, 0.5) is 0 Å². The fourth-order valence-electron chi connectivity index (χ4n) is 2.22. The number of rotatable bonds is 4. The Morgan fingerprint density at radius 3 is 2.68 bits per heavy atom. The Labute approximate surface area is 114 Å². The molecule has 1 heterocycles. The van der Waals surface area contributed by atoms with Crippen molar-refractivity contribution in [1.29, 1.82) is 0 Å². The number of hydrogen-bond donors (Lipinski definition) is 2. The fourth-order valence-corrected chi connectivity index (χ4v) is 3.60. The molecule has 0 aromatic heterocycles. The Balaban J connectivity index is 2.09. The minimum absolute atomic E-state index is 0.000942. The zero-order chi connectivity index (χ0) is 13.9. The van der Waals surface area contributed by atoms with E-state index in [9.17, 15) is 8.42 Å². The first-order chi connectivity index (χ1) is 9.01. The first-order valence-corrected chi connectivity index (χ1v) is 7.90. The number of hydrogen-bond acceptors (Lipinski definition) is 4. The van der Waals surface area contributed by atoms with Gasteiger partial charge in [0.25, 0.3) is 0 Å². The van der Waals surface area contributed by atoms with E-state index in [0.717, 1.165) is 25.9 Å². The van der Waals surface area contributed by atoms with Crippen molar-refractivity contribution in [2.75, 3.05) is 20.1 Å². The SMILES string of the molecule is CN1CCC(NS(=O)(=O)c2cccc(CO)c2)CC1. The van der Waals surface area contributed by atoms with Crippen LogP contribution in [0.15, 0.2) is 29.2 Å². The van der Waals surface area contributed by atoms with E-state index < -0.39 is 10.0 Å². The van der Waals surface area contributed by atoms with Gasteiger partial charge in [-0.15, -0.1) is 0 Å². The molecule has 2 N–H and O–H groups in total. The van der Waals surface area contributed by atoms with Crippen molar-refractivity contribution in [1.82, 2.24) is 9.62 Å². The number of nitrogens with one attached hydrogen (secondary N) is 1. The highest BCUT2D eigenvalue weighted by atomic mass is 32.2. The summed E-state index contributed by atoms with van der Waals surface area (Å²) in [5.41, 5.74) is 0.603. The van der Waals surface area contributed by atoms with E-state index in [1.165, 1.54) is 6.07 Å². The Bertz CT molecular complexity index is 522. The zero-order valence-corrected chi connectivity index (χ0v) is 11.9. The molecule has 1 aliphatic heterocycles. The van der Waals surface area contributed by atoms with Gasteiger partial charge in [0, 0.05) is 6.04 Å². The van der Waals surface area contributed by atoms with E-state index in [4.69, 9.17) is 5.11 Å². The van der Waals surface area contributed by atoms with E-state index in [1.807, 2.05) is 7.05 Å². The first-order valence-electron chi connectivity index (χ1n) is 6.42. The van der Waals surface area contributed by atoms with Crippen molar-refractivity contribution in [3.63, 3.8) is 0 Å². The van der Waals surface area contributed by atoms with Gasteiger partial charge >= 0.3 is 0 Å². The van der Waals surface area contributed by atoms with Crippen molar-refractivity contribution < 1.29 is 13.5 Å². The number of benzene rings is 1. The lowest BCUT2D eigenvalue weighted by molar-refractivity contribution is 0.248. The van der Waals surface area contributed by atoms with E-state index in [2.05, 4.69) is 9.62 Å². The number of aliphatic hydroxyl groups excluding tert-OH is 1. The molecule has 1 aromatic carbocycles. The van der Waals surface area contributed by atoms with Gasteiger partial charge in [0.15, 0.2) is 0 Å². The number of sulfonamides is 1. The summed E-state index contributed by atoms with van der Waals surface area (Å²) in [6, 6.07) is 6.41. The van der Waals surface area contributed by atoms with Crippen molar-refractivity contribution in [2.45, 2.75) is 30.4 Å². The number of piperidine rings is 1. The van der Waals surface area contributed by atoms with Gasteiger partial charge < -0.3 is 10.0 Å². The first kappa shape index (κ1) is 14.5. The minimum Gasteiger partial charge on any atom is -0.392 e. The van der Waals surface area contributed by atoms with Gasteiger partial charge in [-0.3, -0.25) is 0 Å². The second-order valence-electron chi connectivity index (χ2n) is 5.00. The van der Waals surface area contributed by atoms with E-state index >= 15 is 0 Å². The molecule has 0 amide bonds. The van der Waals surface area contributed by atoms with Crippen LogP contribution in [0.5, 0.6) is 0 Å². The van der Waals surface area contributed by atoms with Crippen LogP contribution in [0, 0.1) is 0 Å². The van der Waals surface area contributed by atoms with Crippen LogP contribution in [0.2, 0.25) is 0 Å². The topological polar surface area (TPSA) is 69.6 Å². The van der Waals surface area contributed by atoms with E-state index in [0.29, 0.717) is 5.56 Å². The van der Waals surface area contributed by atoms with Crippen LogP contribution in [0.25, 0.3) is 0 Å². The van der Waals surface area contributed by atoms with Crippen LogP contribution >= 0.6 is 0 Å². The Morgan fingerprint density at radius 1 is 1.37 bits per heavy atom. The Hall–Kier alpha value is -0.950. The molecule has 19 heavy (non-hydrogen) atoms. The second-order valence-corrected chi connectivity index (χ2v) is 6.72. The molecule has 106 valence electrons. The normalized spacial score (nSPS) is 18.6. The molecule has 1 aliphatic rings. The molecule has 0 saturated carbocycles. The quantitative estimate of drug-likeness (QED) is 0.847. The van der Waals surface area contributed by atoms with E-state index in [1.54, 1.807) is 18.2 Å². The largest absolute Gasteiger partial charge is 0.392 e. The highest BCUT2D eigenvalue weighted by molar-refractivity contribution is 7.89. The van der Waals surface area contributed by atoms with Crippen LogP contribution in [-0.4, -0.2) is 44.6 Å². The summed E-state index contributed by atoms with van der Waals surface area (Å²) in [5.74, 6) is 0. The molecule has 0 bridgehead atoms. The molecule has 0 unspecified atom stereocenters. The molecule has 0 atom stereocenters. The monoisotopic (exact) mass is 284 g/mol. The maximum Gasteiger partial charge on any atom is 0.240 e. The second kappa shape index (κ2) is 6.00. The lowest BCUT2D eigenvalue weighted by Gasteiger charge is -2.29. The zero-order valence-electron chi connectivity index (χ0n) is 11.0. The molecule has 1 aromatic rings. The number of likely N-dealkylation sites (tertiary alicyclic amines) is 1. The smallest absolute Gasteiger partial charge is 0.240 e. The molecule has 0 radical (unpaired) electrons. The summed E-state index contributed by atoms with van der Waals surface area (Å²) in [5, 5.41) is 9.06. The van der Waals surface area contributed by atoms with Gasteiger partial charge in [0.1, 0.15) is 0 Å². The maximum absolute atomic E-state index is 12.2. The highest BCUT2D eigenvalue weighted by Gasteiger charge is 2.23. The summed E-state index contributed by atoms with van der Waals surface area (Å²) in [6.07, 6.45) is 1.66. The molecule has 6 heteroatoms. The van der Waals surface area contributed by atoms with E-state index in [-0.39, 0.29) is 17.5 Å². The van der Waals surface area contributed by atoms with Crippen molar-refractivity contribution in [3.05, 3.63) is 29.8 Å². The number of aliphatic hydroxyl groups is 1. The lowest BCUT2D eigenvalue weighted by Crippen LogP contribution is -2.43. The summed E-state index contributed by atoms with van der Waals surface area (Å²) in [4.78, 5) is 2.41. The predicted molar refractivity (Wildman–Crippen MR) is 73.2 cm³/mol. The highest BCUT2D eigenvalue weighted by Crippen LogP contribution is 2.15. The molecular weight excluding hydrogens is 264 g/mol. The Kier molecular flexibility index (Phi) is 4.57. The molecule has 2 rings (SSSR count). The molecule has 0 spiro atoms. The van der Waals surface area contributed by atoms with Crippen LogP contribution in [-0.2, 0) is 16.6 Å². The van der Waals surface area contributed by atoms with Gasteiger partial charge in [0.05, 0.1) is 11.5 Å². The maximum atomic E-state index is 12.2. The summed E-state index contributed by atoms with van der Waals surface area (Å²) in [7, 11) is -1.45. The molecule has 1 saturated heterocycles. The van der Waals surface area contributed by atoms with Crippen molar-refractivity contribution >= 4 is 10.0 Å². The van der Waals surface area contributed by atoms with Crippen molar-refractivity contribution in [3.8, 4) is 0 Å². The molecule has 5 nitrogen and oxygen atoms in total. The summed E-state index contributed by atoms with van der Waals surface area (Å²) < 4.78 is 27.2. The van der Waals surface area contributed by atoms with Crippen LogP contribution < -0.4 is 4.72 Å². The standard InChI is InChI=1S/C13H20N2O3S/c1-15-7-5-12(6-8-15)14-19(17,18)13-4-2-3-11(9-13)10-16/h2-4,9,12,14,16H,5-8,10H2,1H3. The average Bonchev–Trinajstić information content (AvgIpc) is 2.41. The lowest BCUT2D eigenvalue weighted by atomic mass is 10.1. The summed E-state index contributed by atoms with van der Waals surface area (Å²) in [6.45, 7) is 1.66. The third-order valence-corrected chi connectivity index (χ3v) is 4.95. The number of nitrogens with zero attached hydrogens (tertiary/aromatic N) is 1. The molecule has 1 fully saturated rings. The van der Waals surface area contributed by atoms with Gasteiger partial charge in [-0.25, -0.2) is 13.1 Å². The van der Waals surface area contributed by atoms with Gasteiger partial charge in [0.2, 0.25) is 10.0 Å². The van der Waals surface area contributed by atoms with Crippen molar-refractivity contribution in [2.24, 2.45) is 0 Å². The third kappa shape index (κ3) is 3.76. The van der Waals surface area contributed by atoms with Gasteiger partial charge in [-0.05, 0) is 50.7 Å². The fraction of sp³-hybridized carbons (Fsp3) is 0.538. The van der Waals surface area contributed by atoms with Crippen LogP contribution in [0.3, 0.4) is 0 Å². The minimum atomic E-state index is -3.49. The Morgan fingerprint density at radius 2 is 2.05 bits per heavy atom.